The Kier molecular flexibility index (Phi) is 9.13. The van der Waals surface area contributed by atoms with E-state index in [1.165, 1.54) is 12.1 Å². The summed E-state index contributed by atoms with van der Waals surface area (Å²) in [7, 11) is 0. The molecule has 3 rings (SSSR count). The van der Waals surface area contributed by atoms with Crippen molar-refractivity contribution in [3.8, 4) is 5.75 Å². The molecule has 0 spiro atoms. The number of aliphatic carboxylic acids is 1. The molecular weight excluding hydrogens is 575 g/mol. The average Bonchev–Trinajstić information content (AvgIpc) is 2.87. The van der Waals surface area contributed by atoms with E-state index in [1.807, 2.05) is 0 Å². The molecule has 0 saturated heterocycles. The van der Waals surface area contributed by atoms with Crippen molar-refractivity contribution in [3.63, 3.8) is 0 Å². The lowest BCUT2D eigenvalue weighted by Gasteiger charge is -2.36. The third kappa shape index (κ3) is 7.31. The van der Waals surface area contributed by atoms with Crippen LogP contribution in [0.5, 0.6) is 5.75 Å². The first kappa shape index (κ1) is 30.5. The van der Waals surface area contributed by atoms with Gasteiger partial charge in [0.05, 0.1) is 17.3 Å². The van der Waals surface area contributed by atoms with E-state index in [4.69, 9.17) is 16.7 Å². The quantitative estimate of drug-likeness (QED) is 0.251. The lowest BCUT2D eigenvalue weighted by Crippen LogP contribution is -2.54. The zero-order valence-corrected chi connectivity index (χ0v) is 20.7. The summed E-state index contributed by atoms with van der Waals surface area (Å²) >= 11 is 5.92. The molecule has 0 bridgehead atoms. The van der Waals surface area contributed by atoms with Crippen molar-refractivity contribution in [3.05, 3.63) is 94.5 Å². The fourth-order valence-electron chi connectivity index (χ4n) is 3.63. The lowest BCUT2D eigenvalue weighted by atomic mass is 9.80. The van der Waals surface area contributed by atoms with E-state index in [-0.39, 0.29) is 22.7 Å². The molecule has 0 fully saturated rings. The highest BCUT2D eigenvalue weighted by molar-refractivity contribution is 6.30. The molecule has 3 aromatic rings. The number of ether oxygens (including phenoxy) is 1. The molecule has 1 atom stereocenters. The maximum atomic E-state index is 14.7. The molecule has 15 heteroatoms. The average molecular weight is 594 g/mol. The molecule has 0 saturated carbocycles. The molecule has 2 aromatic carbocycles. The van der Waals surface area contributed by atoms with Crippen molar-refractivity contribution in [1.82, 2.24) is 15.6 Å². The number of alkyl halides is 6. The number of pyridine rings is 1. The van der Waals surface area contributed by atoms with Crippen LogP contribution in [-0.2, 0) is 16.8 Å². The molecular formula is C25H19ClF7N3O4. The Bertz CT molecular complexity index is 1350. The number of benzene rings is 2. The SMILES string of the molecule is O=C(NCC(F)(F)C(=O)O)NC(Cc1ccccc1)(c1cc(F)cc(OC(F)(F)C(F)F)c1)c1ccc(Cl)cn1. The van der Waals surface area contributed by atoms with Gasteiger partial charge in [-0.05, 0) is 35.4 Å². The fourth-order valence-corrected chi connectivity index (χ4v) is 3.74. The Labute approximate surface area is 226 Å². The van der Waals surface area contributed by atoms with Gasteiger partial charge in [0.1, 0.15) is 17.1 Å². The van der Waals surface area contributed by atoms with Crippen LogP contribution in [-0.4, -0.2) is 47.1 Å². The van der Waals surface area contributed by atoms with Gasteiger partial charge >= 0.3 is 30.5 Å². The second kappa shape index (κ2) is 12.0. The summed E-state index contributed by atoms with van der Waals surface area (Å²) in [6.07, 6.45) is -8.49. The molecule has 0 aliphatic carbocycles. The summed E-state index contributed by atoms with van der Waals surface area (Å²) in [4.78, 5) is 27.8. The number of aromatic nitrogens is 1. The largest absolute Gasteiger partial charge is 0.477 e. The number of amides is 2. The van der Waals surface area contributed by atoms with Crippen LogP contribution in [0.3, 0.4) is 0 Å². The number of carboxylic acids is 1. The van der Waals surface area contributed by atoms with Crippen LogP contribution < -0.4 is 15.4 Å². The first-order valence-corrected chi connectivity index (χ1v) is 11.5. The number of halogens is 8. The standard InChI is InChI=1S/C25H19ClF7N3O4/c26-16-6-7-19(34-12-16)23(11-14-4-2-1-3-5-14,36-22(39)35-13-24(30,31)21(37)38)15-8-17(27)10-18(9-15)40-25(32,33)20(28)29/h1-10,12,20H,11,13H2,(H,37,38)(H2,35,36,39). The van der Waals surface area contributed by atoms with E-state index in [2.05, 4.69) is 15.0 Å². The van der Waals surface area contributed by atoms with Crippen LogP contribution in [0.25, 0.3) is 0 Å². The molecule has 1 heterocycles. The zero-order valence-electron chi connectivity index (χ0n) is 20.0. The van der Waals surface area contributed by atoms with E-state index in [0.717, 1.165) is 18.3 Å². The minimum atomic E-state index is -5.01. The van der Waals surface area contributed by atoms with Crippen molar-refractivity contribution >= 4 is 23.6 Å². The van der Waals surface area contributed by atoms with E-state index in [1.54, 1.807) is 35.6 Å². The maximum absolute atomic E-state index is 14.7. The highest BCUT2D eigenvalue weighted by Gasteiger charge is 2.45. The summed E-state index contributed by atoms with van der Waals surface area (Å²) in [5, 5.41) is 12.8. The predicted molar refractivity (Wildman–Crippen MR) is 127 cm³/mol. The Hall–Kier alpha value is -4.07. The predicted octanol–water partition coefficient (Wildman–Crippen LogP) is 5.62. The van der Waals surface area contributed by atoms with Gasteiger partial charge in [-0.3, -0.25) is 4.98 Å². The van der Waals surface area contributed by atoms with Crippen molar-refractivity contribution in [1.29, 1.82) is 0 Å². The molecule has 0 radical (unpaired) electrons. The second-order valence-corrected chi connectivity index (χ2v) is 8.82. The minimum Gasteiger partial charge on any atom is -0.477 e. The van der Waals surface area contributed by atoms with Crippen LogP contribution >= 0.6 is 11.6 Å². The van der Waals surface area contributed by atoms with Gasteiger partial charge in [0.2, 0.25) is 0 Å². The van der Waals surface area contributed by atoms with Crippen LogP contribution in [0.4, 0.5) is 35.5 Å². The number of urea groups is 1. The molecule has 1 aromatic heterocycles. The summed E-state index contributed by atoms with van der Waals surface area (Å²) in [6, 6.07) is 11.0. The Morgan fingerprint density at radius 3 is 2.27 bits per heavy atom. The molecule has 0 aliphatic heterocycles. The van der Waals surface area contributed by atoms with Gasteiger partial charge in [-0.15, -0.1) is 0 Å². The Morgan fingerprint density at radius 2 is 1.70 bits per heavy atom. The molecule has 214 valence electrons. The first-order chi connectivity index (χ1) is 18.6. The third-order valence-electron chi connectivity index (χ3n) is 5.46. The summed E-state index contributed by atoms with van der Waals surface area (Å²) in [6.45, 7) is -1.65. The molecule has 3 N–H and O–H groups in total. The minimum absolute atomic E-state index is 0.113. The number of hydrogen-bond donors (Lipinski definition) is 3. The number of carbonyl (C=O) groups is 2. The first-order valence-electron chi connectivity index (χ1n) is 11.1. The van der Waals surface area contributed by atoms with E-state index < -0.39 is 54.1 Å². The number of nitrogens with zero attached hydrogens (tertiary/aromatic N) is 1. The Balaban J connectivity index is 2.20. The number of nitrogens with one attached hydrogen (secondary N) is 2. The number of hydrogen-bond acceptors (Lipinski definition) is 4. The molecule has 0 aliphatic rings. The number of carbonyl (C=O) groups excluding carboxylic acids is 1. The normalized spacial score (nSPS) is 13.4. The molecule has 2 amide bonds. The van der Waals surface area contributed by atoms with Gasteiger partial charge in [-0.1, -0.05) is 41.9 Å². The van der Waals surface area contributed by atoms with Crippen LogP contribution in [0, 0.1) is 5.82 Å². The number of carboxylic acid groups (broad SMARTS) is 1. The topological polar surface area (TPSA) is 101 Å². The zero-order chi connectivity index (χ0) is 29.7. The van der Waals surface area contributed by atoms with Crippen molar-refractivity contribution in [2.24, 2.45) is 0 Å². The summed E-state index contributed by atoms with van der Waals surface area (Å²) < 4.78 is 99.0. The van der Waals surface area contributed by atoms with Crippen LogP contribution in [0.15, 0.2) is 66.9 Å². The maximum Gasteiger partial charge on any atom is 0.461 e. The molecule has 7 nitrogen and oxygen atoms in total. The highest BCUT2D eigenvalue weighted by Crippen LogP contribution is 2.37. The second-order valence-electron chi connectivity index (χ2n) is 8.39. The Morgan fingerprint density at radius 1 is 1.02 bits per heavy atom. The van der Waals surface area contributed by atoms with Crippen molar-refractivity contribution < 1.29 is 50.2 Å². The van der Waals surface area contributed by atoms with E-state index in [9.17, 15) is 40.3 Å². The lowest BCUT2D eigenvalue weighted by molar-refractivity contribution is -0.253. The van der Waals surface area contributed by atoms with Gasteiger partial charge in [-0.25, -0.2) is 14.0 Å². The monoisotopic (exact) mass is 593 g/mol. The fraction of sp³-hybridized carbons (Fsp3) is 0.240. The van der Waals surface area contributed by atoms with Crippen molar-refractivity contribution in [2.75, 3.05) is 6.54 Å². The smallest absolute Gasteiger partial charge is 0.461 e. The summed E-state index contributed by atoms with van der Waals surface area (Å²) in [5.74, 6) is -9.18. The van der Waals surface area contributed by atoms with E-state index >= 15 is 0 Å². The van der Waals surface area contributed by atoms with Gasteiger partial charge in [0, 0.05) is 18.7 Å². The van der Waals surface area contributed by atoms with Gasteiger partial charge in [0.25, 0.3) is 0 Å². The van der Waals surface area contributed by atoms with Gasteiger partial charge in [-0.2, -0.15) is 26.3 Å². The van der Waals surface area contributed by atoms with Crippen molar-refractivity contribution in [2.45, 2.75) is 30.4 Å². The van der Waals surface area contributed by atoms with Gasteiger partial charge < -0.3 is 20.5 Å². The number of rotatable bonds is 11. The van der Waals surface area contributed by atoms with Crippen LogP contribution in [0.2, 0.25) is 5.02 Å². The highest BCUT2D eigenvalue weighted by atomic mass is 35.5. The van der Waals surface area contributed by atoms with Crippen LogP contribution in [0.1, 0.15) is 16.8 Å². The molecule has 1 unspecified atom stereocenters. The van der Waals surface area contributed by atoms with Gasteiger partial charge in [0.15, 0.2) is 0 Å². The summed E-state index contributed by atoms with van der Waals surface area (Å²) in [5.41, 5.74) is -2.11. The molecule has 40 heavy (non-hydrogen) atoms. The van der Waals surface area contributed by atoms with E-state index in [0.29, 0.717) is 11.6 Å². The third-order valence-corrected chi connectivity index (χ3v) is 5.68.